The zero-order valence-electron chi connectivity index (χ0n) is 21.0. The first-order valence-corrected chi connectivity index (χ1v) is 11.6. The van der Waals surface area contributed by atoms with E-state index in [0.717, 1.165) is 46.1 Å². The number of anilines is 1. The molecule has 0 saturated carbocycles. The summed E-state index contributed by atoms with van der Waals surface area (Å²) in [4.78, 5) is 18.3. The minimum atomic E-state index is -0.0806. The Morgan fingerprint density at radius 3 is 2.03 bits per heavy atom. The Kier molecular flexibility index (Phi) is 7.53. The Balaban J connectivity index is 2.16. The van der Waals surface area contributed by atoms with E-state index in [1.54, 1.807) is 6.20 Å². The lowest BCUT2D eigenvalue weighted by Gasteiger charge is -2.24. The van der Waals surface area contributed by atoms with E-state index >= 15 is 0 Å². The van der Waals surface area contributed by atoms with Gasteiger partial charge < -0.3 is 5.32 Å². The standard InChI is InChI=1S/C30H36N2O/c1-20(2)13-15-23-18-25(30(5,6)7)19-24(16-14-21(3)4)27(23)29(33)32-26-12-8-10-22-11-9-17-31-28(22)26/h8-14,17-19H,15-16H2,1-7H3,(H,32,33). The highest BCUT2D eigenvalue weighted by atomic mass is 16.1. The van der Waals surface area contributed by atoms with Crippen LogP contribution in [0.15, 0.2) is 72.0 Å². The zero-order valence-corrected chi connectivity index (χ0v) is 21.0. The van der Waals surface area contributed by atoms with Crippen LogP contribution < -0.4 is 5.32 Å². The first-order valence-electron chi connectivity index (χ1n) is 11.6. The fraction of sp³-hybridized carbons (Fsp3) is 0.333. The van der Waals surface area contributed by atoms with Crippen LogP contribution in [-0.2, 0) is 18.3 Å². The molecular formula is C30H36N2O. The quantitative estimate of drug-likeness (QED) is 0.397. The average molecular weight is 441 g/mol. The maximum Gasteiger partial charge on any atom is 0.256 e. The largest absolute Gasteiger partial charge is 0.320 e. The van der Waals surface area contributed by atoms with Crippen LogP contribution in [0.5, 0.6) is 0 Å². The van der Waals surface area contributed by atoms with Crippen LogP contribution in [-0.4, -0.2) is 10.9 Å². The molecule has 0 unspecified atom stereocenters. The van der Waals surface area contributed by atoms with Gasteiger partial charge in [-0.1, -0.05) is 74.4 Å². The maximum atomic E-state index is 13.8. The molecule has 1 aromatic heterocycles. The SMILES string of the molecule is CC(C)=CCc1cc(C(C)(C)C)cc(CC=C(C)C)c1C(=O)Nc1cccc2cccnc12. The van der Waals surface area contributed by atoms with Gasteiger partial charge in [0.15, 0.2) is 0 Å². The molecular weight excluding hydrogens is 404 g/mol. The number of amides is 1. The van der Waals surface area contributed by atoms with Crippen LogP contribution in [0.4, 0.5) is 5.69 Å². The molecule has 2 aromatic carbocycles. The number of aromatic nitrogens is 1. The summed E-state index contributed by atoms with van der Waals surface area (Å²) in [5, 5.41) is 4.18. The van der Waals surface area contributed by atoms with Gasteiger partial charge in [0.25, 0.3) is 5.91 Å². The van der Waals surface area contributed by atoms with Gasteiger partial charge in [0, 0.05) is 17.1 Å². The van der Waals surface area contributed by atoms with Gasteiger partial charge in [0.05, 0.1) is 11.2 Å². The van der Waals surface area contributed by atoms with E-state index in [1.807, 2.05) is 30.3 Å². The van der Waals surface area contributed by atoms with Crippen molar-refractivity contribution in [1.82, 2.24) is 4.98 Å². The summed E-state index contributed by atoms with van der Waals surface area (Å²) in [6, 6.07) is 14.2. The first-order chi connectivity index (χ1) is 15.6. The molecule has 1 amide bonds. The van der Waals surface area contributed by atoms with Crippen molar-refractivity contribution in [1.29, 1.82) is 0 Å². The molecule has 3 heteroatoms. The minimum absolute atomic E-state index is 0.00595. The second-order valence-electron chi connectivity index (χ2n) is 10.2. The number of nitrogens with one attached hydrogen (secondary N) is 1. The van der Waals surface area contributed by atoms with E-state index in [9.17, 15) is 4.79 Å². The van der Waals surface area contributed by atoms with Gasteiger partial charge in [-0.15, -0.1) is 0 Å². The van der Waals surface area contributed by atoms with Crippen molar-refractivity contribution in [3.8, 4) is 0 Å². The molecule has 0 atom stereocenters. The van der Waals surface area contributed by atoms with Gasteiger partial charge in [-0.3, -0.25) is 9.78 Å². The Morgan fingerprint density at radius 2 is 1.48 bits per heavy atom. The van der Waals surface area contributed by atoms with Crippen molar-refractivity contribution in [3.05, 3.63) is 94.2 Å². The molecule has 0 saturated heterocycles. The summed E-state index contributed by atoms with van der Waals surface area (Å²) in [7, 11) is 0. The third-order valence-electron chi connectivity index (χ3n) is 5.74. The predicted octanol–water partition coefficient (Wildman–Crippen LogP) is 7.80. The average Bonchev–Trinajstić information content (AvgIpc) is 2.75. The zero-order chi connectivity index (χ0) is 24.2. The first kappa shape index (κ1) is 24.4. The molecule has 0 aliphatic heterocycles. The number of pyridine rings is 1. The van der Waals surface area contributed by atoms with E-state index in [-0.39, 0.29) is 11.3 Å². The van der Waals surface area contributed by atoms with Crippen molar-refractivity contribution in [2.75, 3.05) is 5.32 Å². The van der Waals surface area contributed by atoms with Crippen LogP contribution in [0.1, 0.15) is 75.5 Å². The van der Waals surface area contributed by atoms with E-state index < -0.39 is 0 Å². The Bertz CT molecular complexity index is 1170. The summed E-state index contributed by atoms with van der Waals surface area (Å²) in [5.41, 5.74) is 8.16. The molecule has 0 fully saturated rings. The topological polar surface area (TPSA) is 42.0 Å². The smallest absolute Gasteiger partial charge is 0.256 e. The van der Waals surface area contributed by atoms with Crippen LogP contribution in [0.2, 0.25) is 0 Å². The molecule has 1 N–H and O–H groups in total. The monoisotopic (exact) mass is 440 g/mol. The maximum absolute atomic E-state index is 13.8. The summed E-state index contributed by atoms with van der Waals surface area (Å²) in [5.74, 6) is -0.0806. The van der Waals surface area contributed by atoms with E-state index in [1.165, 1.54) is 16.7 Å². The van der Waals surface area contributed by atoms with Crippen molar-refractivity contribution in [2.24, 2.45) is 0 Å². The van der Waals surface area contributed by atoms with E-state index in [2.05, 4.69) is 83.1 Å². The van der Waals surface area contributed by atoms with E-state index in [0.29, 0.717) is 0 Å². The van der Waals surface area contributed by atoms with Crippen molar-refractivity contribution >= 4 is 22.5 Å². The Labute approximate surface area is 198 Å². The lowest BCUT2D eigenvalue weighted by atomic mass is 9.82. The third-order valence-corrected chi connectivity index (χ3v) is 5.74. The highest BCUT2D eigenvalue weighted by molar-refractivity contribution is 6.10. The van der Waals surface area contributed by atoms with Crippen LogP contribution >= 0.6 is 0 Å². The molecule has 0 bridgehead atoms. The summed E-state index contributed by atoms with van der Waals surface area (Å²) >= 11 is 0. The molecule has 0 aliphatic carbocycles. The molecule has 1 heterocycles. The predicted molar refractivity (Wildman–Crippen MR) is 141 cm³/mol. The lowest BCUT2D eigenvalue weighted by Crippen LogP contribution is -2.20. The lowest BCUT2D eigenvalue weighted by molar-refractivity contribution is 0.102. The van der Waals surface area contributed by atoms with Crippen LogP contribution in [0, 0.1) is 0 Å². The summed E-state index contributed by atoms with van der Waals surface area (Å²) < 4.78 is 0. The van der Waals surface area contributed by atoms with Crippen molar-refractivity contribution < 1.29 is 4.79 Å². The van der Waals surface area contributed by atoms with Crippen LogP contribution in [0.25, 0.3) is 10.9 Å². The van der Waals surface area contributed by atoms with Gasteiger partial charge in [0.1, 0.15) is 0 Å². The molecule has 3 rings (SSSR count). The van der Waals surface area contributed by atoms with Crippen LogP contribution in [0.3, 0.4) is 0 Å². The molecule has 3 aromatic rings. The number of rotatable bonds is 6. The fourth-order valence-electron chi connectivity index (χ4n) is 3.83. The van der Waals surface area contributed by atoms with Gasteiger partial charge in [-0.25, -0.2) is 0 Å². The summed E-state index contributed by atoms with van der Waals surface area (Å²) in [6.45, 7) is 15.1. The van der Waals surface area contributed by atoms with Crippen molar-refractivity contribution in [3.63, 3.8) is 0 Å². The molecule has 0 aliphatic rings. The van der Waals surface area contributed by atoms with Gasteiger partial charge >= 0.3 is 0 Å². The number of hydrogen-bond acceptors (Lipinski definition) is 2. The third kappa shape index (κ3) is 6.19. The normalized spacial score (nSPS) is 11.2. The molecule has 3 nitrogen and oxygen atoms in total. The number of carbonyl (C=O) groups excluding carboxylic acids is 1. The number of carbonyl (C=O) groups is 1. The second kappa shape index (κ2) is 10.2. The number of benzene rings is 2. The molecule has 172 valence electrons. The highest BCUT2D eigenvalue weighted by Gasteiger charge is 2.22. The molecule has 0 spiro atoms. The highest BCUT2D eigenvalue weighted by Crippen LogP contribution is 2.30. The minimum Gasteiger partial charge on any atom is -0.320 e. The number of hydrogen-bond donors (Lipinski definition) is 1. The van der Waals surface area contributed by atoms with Crippen molar-refractivity contribution in [2.45, 2.75) is 66.7 Å². The Morgan fingerprint density at radius 1 is 0.909 bits per heavy atom. The number of allylic oxidation sites excluding steroid dienone is 4. The summed E-state index contributed by atoms with van der Waals surface area (Å²) in [6.07, 6.45) is 7.61. The fourth-order valence-corrected chi connectivity index (χ4v) is 3.83. The van der Waals surface area contributed by atoms with Gasteiger partial charge in [-0.05, 0) is 74.8 Å². The number of para-hydroxylation sites is 1. The number of fused-ring (bicyclic) bond motifs is 1. The number of nitrogens with zero attached hydrogens (tertiary/aromatic N) is 1. The second-order valence-corrected chi connectivity index (χ2v) is 10.2. The molecule has 33 heavy (non-hydrogen) atoms. The van der Waals surface area contributed by atoms with Gasteiger partial charge in [-0.2, -0.15) is 0 Å². The van der Waals surface area contributed by atoms with E-state index in [4.69, 9.17) is 0 Å². The van der Waals surface area contributed by atoms with Gasteiger partial charge in [0.2, 0.25) is 0 Å². The Hall–Kier alpha value is -3.20. The molecule has 0 radical (unpaired) electrons.